The summed E-state index contributed by atoms with van der Waals surface area (Å²) in [5, 5.41) is 1.25. The normalized spacial score (nSPS) is 14.9. The molecule has 0 aliphatic carbocycles. The second kappa shape index (κ2) is 9.83. The Hall–Kier alpha value is -4.06. The largest absolute Gasteiger partial charge is 0.490 e. The third kappa shape index (κ3) is 5.46. The van der Waals surface area contributed by atoms with Crippen molar-refractivity contribution in [3.63, 3.8) is 0 Å². The van der Waals surface area contributed by atoms with E-state index in [0.29, 0.717) is 30.2 Å². The molecule has 1 N–H and O–H groups in total. The van der Waals surface area contributed by atoms with Gasteiger partial charge in [0.15, 0.2) is 0 Å². The lowest BCUT2D eigenvalue weighted by atomic mass is 9.87. The van der Waals surface area contributed by atoms with Gasteiger partial charge in [-0.2, -0.15) is 0 Å². The van der Waals surface area contributed by atoms with Gasteiger partial charge in [-0.3, -0.25) is 15.0 Å². The van der Waals surface area contributed by atoms with Crippen LogP contribution in [0.2, 0.25) is 0 Å². The number of hydrogen-bond acceptors (Lipinski definition) is 4. The number of ether oxygens (including phenoxy) is 2. The smallest absolute Gasteiger partial charge is 0.282 e. The van der Waals surface area contributed by atoms with Crippen molar-refractivity contribution in [1.82, 2.24) is 5.43 Å². The van der Waals surface area contributed by atoms with Gasteiger partial charge in [0.25, 0.3) is 11.8 Å². The van der Waals surface area contributed by atoms with Crippen LogP contribution in [-0.4, -0.2) is 25.0 Å². The number of hydrogen-bond donors (Lipinski definition) is 1. The fraction of sp³-hybridized carbons (Fsp3) is 0.214. The standard InChI is InChI=1S/C28H28N2O4/c1-28(2,3)21-12-14-23(15-13-21)33-16-17-34-24-11-7-8-20(18-24)19-25-26(31)29-30(27(25)32)22-9-5-4-6-10-22/h4-15,18-19H,16-17H2,1-3H3,(H,29,31)/b25-19+. The molecule has 2 amide bonds. The molecular formula is C28H28N2O4. The maximum atomic E-state index is 12.8. The van der Waals surface area contributed by atoms with Crippen LogP contribution < -0.4 is 19.9 Å². The molecule has 1 heterocycles. The molecule has 3 aromatic carbocycles. The van der Waals surface area contributed by atoms with Gasteiger partial charge < -0.3 is 9.47 Å². The molecule has 3 aromatic rings. The number of carbonyl (C=O) groups is 2. The SMILES string of the molecule is CC(C)(C)c1ccc(OCCOc2cccc(/C=C3\C(=O)NN(c4ccccc4)C3=O)c2)cc1. The highest BCUT2D eigenvalue weighted by atomic mass is 16.5. The summed E-state index contributed by atoms with van der Waals surface area (Å²) in [6, 6.07) is 24.3. The quantitative estimate of drug-likeness (QED) is 0.312. The molecule has 0 radical (unpaired) electrons. The molecule has 34 heavy (non-hydrogen) atoms. The Balaban J connectivity index is 1.34. The Kier molecular flexibility index (Phi) is 6.68. The van der Waals surface area contributed by atoms with E-state index in [2.05, 4.69) is 38.3 Å². The van der Waals surface area contributed by atoms with Gasteiger partial charge in [-0.15, -0.1) is 0 Å². The van der Waals surface area contributed by atoms with Gasteiger partial charge in [0.05, 0.1) is 5.69 Å². The lowest BCUT2D eigenvalue weighted by Gasteiger charge is -2.19. The van der Waals surface area contributed by atoms with Gasteiger partial charge in [0.1, 0.15) is 30.3 Å². The minimum absolute atomic E-state index is 0.0723. The van der Waals surface area contributed by atoms with Crippen LogP contribution in [-0.2, 0) is 15.0 Å². The number of rotatable bonds is 7. The lowest BCUT2D eigenvalue weighted by Crippen LogP contribution is -2.35. The average Bonchev–Trinajstić information content (AvgIpc) is 3.11. The molecular weight excluding hydrogens is 428 g/mol. The van der Waals surface area contributed by atoms with Crippen molar-refractivity contribution in [3.05, 3.63) is 95.6 Å². The number of hydrazine groups is 1. The number of benzene rings is 3. The predicted molar refractivity (Wildman–Crippen MR) is 133 cm³/mol. The summed E-state index contributed by atoms with van der Waals surface area (Å²) in [6.07, 6.45) is 1.57. The van der Waals surface area contributed by atoms with Crippen LogP contribution >= 0.6 is 0 Å². The lowest BCUT2D eigenvalue weighted by molar-refractivity contribution is -0.117. The molecule has 4 rings (SSSR count). The second-order valence-electron chi connectivity index (χ2n) is 9.02. The molecule has 1 aliphatic rings. The van der Waals surface area contributed by atoms with Gasteiger partial charge >= 0.3 is 0 Å². The zero-order valence-electron chi connectivity index (χ0n) is 19.6. The summed E-state index contributed by atoms with van der Waals surface area (Å²) in [5.74, 6) is 0.593. The number of nitrogens with zero attached hydrogens (tertiary/aromatic N) is 1. The first-order valence-electron chi connectivity index (χ1n) is 11.2. The van der Waals surface area contributed by atoms with Gasteiger partial charge in [0.2, 0.25) is 0 Å². The Morgan fingerprint density at radius 3 is 2.18 bits per heavy atom. The third-order valence-electron chi connectivity index (χ3n) is 5.42. The number of para-hydroxylation sites is 1. The molecule has 0 bridgehead atoms. The van der Waals surface area contributed by atoms with E-state index in [4.69, 9.17) is 9.47 Å². The molecule has 1 fully saturated rings. The molecule has 0 spiro atoms. The molecule has 0 atom stereocenters. The minimum atomic E-state index is -0.439. The fourth-order valence-corrected chi connectivity index (χ4v) is 3.55. The molecule has 0 aromatic heterocycles. The highest BCUT2D eigenvalue weighted by Crippen LogP contribution is 2.25. The van der Waals surface area contributed by atoms with E-state index in [9.17, 15) is 9.59 Å². The number of nitrogens with one attached hydrogen (secondary N) is 1. The molecule has 6 nitrogen and oxygen atoms in total. The first-order chi connectivity index (χ1) is 16.3. The van der Waals surface area contributed by atoms with Crippen LogP contribution in [0.15, 0.2) is 84.4 Å². The Bertz CT molecular complexity index is 1200. The molecule has 1 aliphatic heterocycles. The predicted octanol–water partition coefficient (Wildman–Crippen LogP) is 4.90. The first-order valence-corrected chi connectivity index (χ1v) is 11.2. The number of amides is 2. The van der Waals surface area contributed by atoms with E-state index >= 15 is 0 Å². The average molecular weight is 457 g/mol. The highest BCUT2D eigenvalue weighted by Gasteiger charge is 2.34. The van der Waals surface area contributed by atoms with Gasteiger partial charge in [-0.25, -0.2) is 5.01 Å². The van der Waals surface area contributed by atoms with E-state index in [0.717, 1.165) is 5.75 Å². The van der Waals surface area contributed by atoms with Crippen molar-refractivity contribution in [2.24, 2.45) is 0 Å². The number of anilines is 1. The van der Waals surface area contributed by atoms with E-state index in [1.54, 1.807) is 24.3 Å². The van der Waals surface area contributed by atoms with Crippen molar-refractivity contribution < 1.29 is 19.1 Å². The topological polar surface area (TPSA) is 67.9 Å². The van der Waals surface area contributed by atoms with Crippen LogP contribution in [0, 0.1) is 0 Å². The summed E-state index contributed by atoms with van der Waals surface area (Å²) >= 11 is 0. The van der Waals surface area contributed by atoms with E-state index in [-0.39, 0.29) is 11.0 Å². The molecule has 0 saturated carbocycles. The summed E-state index contributed by atoms with van der Waals surface area (Å²) in [4.78, 5) is 25.1. The van der Waals surface area contributed by atoms with Crippen molar-refractivity contribution in [1.29, 1.82) is 0 Å². The maximum Gasteiger partial charge on any atom is 0.282 e. The number of carbonyl (C=O) groups excluding carboxylic acids is 2. The van der Waals surface area contributed by atoms with E-state index in [1.807, 2.05) is 48.5 Å². The van der Waals surface area contributed by atoms with Gasteiger partial charge in [-0.1, -0.05) is 63.2 Å². The Morgan fingerprint density at radius 2 is 1.50 bits per heavy atom. The van der Waals surface area contributed by atoms with Crippen molar-refractivity contribution >= 4 is 23.6 Å². The summed E-state index contributed by atoms with van der Waals surface area (Å²) in [6.45, 7) is 7.29. The molecule has 174 valence electrons. The van der Waals surface area contributed by atoms with Crippen LogP contribution in [0.1, 0.15) is 31.9 Å². The first kappa shape index (κ1) is 23.1. The van der Waals surface area contributed by atoms with Crippen LogP contribution in [0.4, 0.5) is 5.69 Å². The monoisotopic (exact) mass is 456 g/mol. The second-order valence-corrected chi connectivity index (χ2v) is 9.02. The molecule has 0 unspecified atom stereocenters. The summed E-state index contributed by atoms with van der Waals surface area (Å²) in [7, 11) is 0. The van der Waals surface area contributed by atoms with Crippen LogP contribution in [0.3, 0.4) is 0 Å². The summed E-state index contributed by atoms with van der Waals surface area (Å²) in [5.41, 5.74) is 5.34. The van der Waals surface area contributed by atoms with Crippen molar-refractivity contribution in [2.75, 3.05) is 18.2 Å². The van der Waals surface area contributed by atoms with E-state index in [1.165, 1.54) is 10.6 Å². The summed E-state index contributed by atoms with van der Waals surface area (Å²) < 4.78 is 11.6. The van der Waals surface area contributed by atoms with Crippen molar-refractivity contribution in [3.8, 4) is 11.5 Å². The Morgan fingerprint density at radius 1 is 0.824 bits per heavy atom. The van der Waals surface area contributed by atoms with Crippen molar-refractivity contribution in [2.45, 2.75) is 26.2 Å². The van der Waals surface area contributed by atoms with Crippen LogP contribution in [0.5, 0.6) is 11.5 Å². The highest BCUT2D eigenvalue weighted by molar-refractivity contribution is 6.31. The zero-order chi connectivity index (χ0) is 24.1. The zero-order valence-corrected chi connectivity index (χ0v) is 19.6. The van der Waals surface area contributed by atoms with E-state index < -0.39 is 11.8 Å². The van der Waals surface area contributed by atoms with Gasteiger partial charge in [0, 0.05) is 0 Å². The third-order valence-corrected chi connectivity index (χ3v) is 5.42. The van der Waals surface area contributed by atoms with Crippen LogP contribution in [0.25, 0.3) is 6.08 Å². The minimum Gasteiger partial charge on any atom is -0.490 e. The fourth-order valence-electron chi connectivity index (χ4n) is 3.55. The van der Waals surface area contributed by atoms with Gasteiger partial charge in [-0.05, 0) is 59.0 Å². The Labute approximate surface area is 199 Å². The molecule has 1 saturated heterocycles. The molecule has 6 heteroatoms. The maximum absolute atomic E-state index is 12.8.